The number of piperidine rings is 1. The van der Waals surface area contributed by atoms with E-state index >= 15 is 0 Å². The van der Waals surface area contributed by atoms with E-state index < -0.39 is 0 Å². The molecule has 1 aromatic heterocycles. The topological polar surface area (TPSA) is 42.2 Å². The largest absolute Gasteiger partial charge is 0.338 e. The summed E-state index contributed by atoms with van der Waals surface area (Å²) in [5, 5.41) is 3.89. The van der Waals surface area contributed by atoms with Gasteiger partial charge in [0.2, 0.25) is 5.89 Å². The molecule has 4 heteroatoms. The number of aromatic nitrogens is 2. The lowest BCUT2D eigenvalue weighted by atomic mass is 9.89. The van der Waals surface area contributed by atoms with E-state index in [2.05, 4.69) is 52.3 Å². The smallest absolute Gasteiger partial charge is 0.243 e. The molecule has 4 nitrogen and oxygen atoms in total. The lowest BCUT2D eigenvalue weighted by molar-refractivity contribution is 0.119. The number of hydrogen-bond acceptors (Lipinski definition) is 4. The maximum Gasteiger partial charge on any atom is 0.243 e. The van der Waals surface area contributed by atoms with Crippen molar-refractivity contribution in [3.8, 4) is 0 Å². The summed E-state index contributed by atoms with van der Waals surface area (Å²) in [7, 11) is 0. The highest BCUT2D eigenvalue weighted by Crippen LogP contribution is 2.27. The molecule has 0 spiro atoms. The fourth-order valence-electron chi connectivity index (χ4n) is 3.13. The second-order valence-electron chi connectivity index (χ2n) is 6.02. The number of likely N-dealkylation sites (tertiary alicyclic amines) is 1. The normalized spacial score (nSPS) is 18.8. The van der Waals surface area contributed by atoms with Crippen molar-refractivity contribution in [2.24, 2.45) is 5.92 Å². The van der Waals surface area contributed by atoms with Gasteiger partial charge in [0.05, 0.1) is 6.04 Å². The van der Waals surface area contributed by atoms with Gasteiger partial charge in [0.15, 0.2) is 5.82 Å². The molecule has 1 aliphatic rings. The Labute approximate surface area is 126 Å². The van der Waals surface area contributed by atoms with E-state index in [4.69, 9.17) is 4.52 Å². The first-order chi connectivity index (χ1) is 10.2. The molecule has 0 radical (unpaired) electrons. The number of nitrogens with zero attached hydrogens (tertiary/aromatic N) is 3. The maximum atomic E-state index is 5.30. The van der Waals surface area contributed by atoms with E-state index in [1.807, 2.05) is 6.92 Å². The Morgan fingerprint density at radius 1 is 1.24 bits per heavy atom. The lowest BCUT2D eigenvalue weighted by Crippen LogP contribution is -2.36. The molecule has 1 aliphatic heterocycles. The Kier molecular flexibility index (Phi) is 4.34. The summed E-state index contributed by atoms with van der Waals surface area (Å²) in [5.74, 6) is 2.25. The molecule has 0 aliphatic carbocycles. The summed E-state index contributed by atoms with van der Waals surface area (Å²) >= 11 is 0. The number of benzene rings is 1. The van der Waals surface area contributed by atoms with Crippen LogP contribution < -0.4 is 0 Å². The van der Waals surface area contributed by atoms with Crippen molar-refractivity contribution >= 4 is 0 Å². The summed E-state index contributed by atoms with van der Waals surface area (Å²) in [6, 6.07) is 11.0. The molecule has 1 fully saturated rings. The third kappa shape index (κ3) is 3.50. The number of aryl methyl sites for hydroxylation is 1. The highest BCUT2D eigenvalue weighted by Gasteiger charge is 2.26. The second-order valence-corrected chi connectivity index (χ2v) is 6.02. The van der Waals surface area contributed by atoms with Gasteiger partial charge in [-0.05, 0) is 57.7 Å². The van der Waals surface area contributed by atoms with Crippen molar-refractivity contribution in [1.29, 1.82) is 0 Å². The van der Waals surface area contributed by atoms with Gasteiger partial charge in [-0.15, -0.1) is 0 Å². The monoisotopic (exact) mass is 285 g/mol. The van der Waals surface area contributed by atoms with Crippen LogP contribution in [-0.4, -0.2) is 28.1 Å². The third-order valence-electron chi connectivity index (χ3n) is 4.46. The fraction of sp³-hybridized carbons (Fsp3) is 0.529. The van der Waals surface area contributed by atoms with Crippen molar-refractivity contribution in [1.82, 2.24) is 15.0 Å². The van der Waals surface area contributed by atoms with Crippen LogP contribution in [0.2, 0.25) is 0 Å². The first-order valence-corrected chi connectivity index (χ1v) is 7.80. The summed E-state index contributed by atoms with van der Waals surface area (Å²) in [4.78, 5) is 6.81. The lowest BCUT2D eigenvalue weighted by Gasteiger charge is -2.34. The van der Waals surface area contributed by atoms with Gasteiger partial charge in [0, 0.05) is 0 Å². The summed E-state index contributed by atoms with van der Waals surface area (Å²) in [5.41, 5.74) is 1.46. The molecule has 112 valence electrons. The quantitative estimate of drug-likeness (QED) is 0.863. The molecule has 0 N–H and O–H groups in total. The molecule has 1 aromatic carbocycles. The van der Waals surface area contributed by atoms with Crippen LogP contribution in [0.25, 0.3) is 0 Å². The zero-order chi connectivity index (χ0) is 14.7. The van der Waals surface area contributed by atoms with Crippen LogP contribution >= 0.6 is 0 Å². The van der Waals surface area contributed by atoms with E-state index in [-0.39, 0.29) is 6.04 Å². The van der Waals surface area contributed by atoms with E-state index in [1.165, 1.54) is 24.8 Å². The van der Waals surface area contributed by atoms with Crippen LogP contribution in [0.3, 0.4) is 0 Å². The Morgan fingerprint density at radius 2 is 1.95 bits per heavy atom. The zero-order valence-corrected chi connectivity index (χ0v) is 12.8. The number of rotatable bonds is 4. The van der Waals surface area contributed by atoms with Crippen molar-refractivity contribution in [2.45, 2.75) is 39.2 Å². The van der Waals surface area contributed by atoms with E-state index in [9.17, 15) is 0 Å². The maximum absolute atomic E-state index is 5.30. The SMILES string of the molecule is Cc1noc(C(C)N2CCC(Cc3ccccc3)CC2)n1. The molecular formula is C17H23N3O. The predicted octanol–water partition coefficient (Wildman–Crippen LogP) is 3.39. The Hall–Kier alpha value is -1.68. The molecular weight excluding hydrogens is 262 g/mol. The molecule has 3 rings (SSSR count). The average molecular weight is 285 g/mol. The zero-order valence-electron chi connectivity index (χ0n) is 12.8. The Morgan fingerprint density at radius 3 is 2.57 bits per heavy atom. The van der Waals surface area contributed by atoms with Crippen molar-refractivity contribution in [2.75, 3.05) is 13.1 Å². The summed E-state index contributed by atoms with van der Waals surface area (Å²) < 4.78 is 5.30. The van der Waals surface area contributed by atoms with Crippen LogP contribution in [-0.2, 0) is 6.42 Å². The predicted molar refractivity (Wildman–Crippen MR) is 81.9 cm³/mol. The molecule has 0 amide bonds. The molecule has 2 heterocycles. The Balaban J connectivity index is 1.53. The standard InChI is InChI=1S/C17H23N3O/c1-13(17-18-14(2)19-21-17)20-10-8-16(9-11-20)12-15-6-4-3-5-7-15/h3-7,13,16H,8-12H2,1-2H3. The summed E-state index contributed by atoms with van der Waals surface area (Å²) in [6.45, 7) is 6.25. The minimum absolute atomic E-state index is 0.226. The van der Waals surface area contributed by atoms with Crippen LogP contribution in [0, 0.1) is 12.8 Å². The highest BCUT2D eigenvalue weighted by molar-refractivity contribution is 5.15. The van der Waals surface area contributed by atoms with Gasteiger partial charge < -0.3 is 4.52 Å². The van der Waals surface area contributed by atoms with Gasteiger partial charge >= 0.3 is 0 Å². The first-order valence-electron chi connectivity index (χ1n) is 7.80. The Bertz CT molecular complexity index is 558. The van der Waals surface area contributed by atoms with E-state index in [0.717, 1.165) is 30.7 Å². The second kappa shape index (κ2) is 6.39. The van der Waals surface area contributed by atoms with Gasteiger partial charge in [-0.1, -0.05) is 35.5 Å². The fourth-order valence-corrected chi connectivity index (χ4v) is 3.13. The molecule has 1 unspecified atom stereocenters. The van der Waals surface area contributed by atoms with Crippen LogP contribution in [0.5, 0.6) is 0 Å². The van der Waals surface area contributed by atoms with Gasteiger partial charge in [0.1, 0.15) is 0 Å². The van der Waals surface area contributed by atoms with Gasteiger partial charge in [-0.25, -0.2) is 0 Å². The third-order valence-corrected chi connectivity index (χ3v) is 4.46. The average Bonchev–Trinajstić information content (AvgIpc) is 2.95. The molecule has 21 heavy (non-hydrogen) atoms. The first kappa shape index (κ1) is 14.3. The van der Waals surface area contributed by atoms with E-state index in [0.29, 0.717) is 0 Å². The molecule has 2 aromatic rings. The van der Waals surface area contributed by atoms with E-state index in [1.54, 1.807) is 0 Å². The number of hydrogen-bond donors (Lipinski definition) is 0. The van der Waals surface area contributed by atoms with Crippen molar-refractivity contribution < 1.29 is 4.52 Å². The van der Waals surface area contributed by atoms with Gasteiger partial charge in [0.25, 0.3) is 0 Å². The minimum atomic E-state index is 0.226. The van der Waals surface area contributed by atoms with Crippen molar-refractivity contribution in [3.63, 3.8) is 0 Å². The summed E-state index contributed by atoms with van der Waals surface area (Å²) in [6.07, 6.45) is 3.68. The van der Waals surface area contributed by atoms with Gasteiger partial charge in [-0.2, -0.15) is 4.98 Å². The van der Waals surface area contributed by atoms with Crippen LogP contribution in [0.4, 0.5) is 0 Å². The highest BCUT2D eigenvalue weighted by atomic mass is 16.5. The molecule has 0 saturated carbocycles. The minimum Gasteiger partial charge on any atom is -0.338 e. The van der Waals surface area contributed by atoms with Crippen LogP contribution in [0.15, 0.2) is 34.9 Å². The van der Waals surface area contributed by atoms with Crippen LogP contribution in [0.1, 0.15) is 43.1 Å². The van der Waals surface area contributed by atoms with Crippen molar-refractivity contribution in [3.05, 3.63) is 47.6 Å². The molecule has 1 atom stereocenters. The molecule has 0 bridgehead atoms. The van der Waals surface area contributed by atoms with Gasteiger partial charge in [-0.3, -0.25) is 4.90 Å². The molecule has 1 saturated heterocycles.